The number of hydrogen-bond donors (Lipinski definition) is 7. The van der Waals surface area contributed by atoms with Crippen LogP contribution in [0.4, 0.5) is 31.9 Å². The summed E-state index contributed by atoms with van der Waals surface area (Å²) in [5.74, 6) is -3.46. The van der Waals surface area contributed by atoms with Gasteiger partial charge in [0.05, 0.1) is 36.7 Å². The second-order valence-electron chi connectivity index (χ2n) is 17.4. The number of aliphatic hydroxyl groups is 2. The van der Waals surface area contributed by atoms with E-state index >= 15 is 0 Å². The number of amides is 3. The number of ether oxygens (including phenoxy) is 3. The quantitative estimate of drug-likeness (QED) is 0.0426. The minimum atomic E-state index is -2.79. The van der Waals surface area contributed by atoms with Crippen LogP contribution in [-0.2, 0) is 19.0 Å². The van der Waals surface area contributed by atoms with E-state index in [9.17, 15) is 41.8 Å². The Morgan fingerprint density at radius 3 is 1.27 bits per heavy atom. The molecule has 4 aromatic rings. The molecule has 4 rings (SSSR count). The summed E-state index contributed by atoms with van der Waals surface area (Å²) in [5, 5.41) is 34.8. The fourth-order valence-corrected chi connectivity index (χ4v) is 7.04. The number of hydrogen-bond acceptors (Lipinski definition) is 10. The molecule has 0 aliphatic rings. The summed E-state index contributed by atoms with van der Waals surface area (Å²) in [6, 6.07) is 10.8. The molecule has 8 N–H and O–H groups in total. The molecule has 0 unspecified atom stereocenters. The number of nitrogens with one attached hydrogen (secondary N) is 3. The number of aliphatic carboxylic acids is 1. The largest absolute Gasteiger partial charge is 0.479 e. The van der Waals surface area contributed by atoms with Crippen LogP contribution in [0.3, 0.4) is 0 Å². The topological polar surface area (TPSA) is 219 Å². The van der Waals surface area contributed by atoms with Crippen LogP contribution < -0.4 is 21.7 Å². The van der Waals surface area contributed by atoms with E-state index in [0.29, 0.717) is 23.5 Å². The number of benzene rings is 4. The van der Waals surface area contributed by atoms with Crippen LogP contribution in [0.25, 0.3) is 0 Å². The third kappa shape index (κ3) is 28.5. The maximum absolute atomic E-state index is 13.4. The Labute approximate surface area is 456 Å². The van der Waals surface area contributed by atoms with Crippen molar-refractivity contribution in [1.29, 1.82) is 0 Å². The Morgan fingerprint density at radius 1 is 0.592 bits per heavy atom. The molecule has 0 fully saturated rings. The molecule has 0 spiro atoms. The van der Waals surface area contributed by atoms with Crippen LogP contribution in [0.5, 0.6) is 0 Å². The van der Waals surface area contributed by atoms with Gasteiger partial charge in [0, 0.05) is 17.9 Å². The average molecular weight is 1290 g/mol. The van der Waals surface area contributed by atoms with Crippen molar-refractivity contribution in [2.75, 3.05) is 13.1 Å². The Balaban J connectivity index is 0.000000978. The zero-order valence-electron chi connectivity index (χ0n) is 43.7. The summed E-state index contributed by atoms with van der Waals surface area (Å²) in [5.41, 5.74) is 4.24. The minimum Gasteiger partial charge on any atom is -0.479 e. The van der Waals surface area contributed by atoms with E-state index in [0.717, 1.165) is 18.2 Å². The predicted octanol–water partition coefficient (Wildman–Crippen LogP) is 12.7. The van der Waals surface area contributed by atoms with Gasteiger partial charge < -0.3 is 51.2 Å². The minimum absolute atomic E-state index is 0. The molecule has 4 aromatic carbocycles. The number of alkyl carbamates (subject to hydrolysis) is 3. The molecule has 71 heavy (non-hydrogen) atoms. The lowest BCUT2D eigenvalue weighted by atomic mass is 10.1. The molecule has 0 bridgehead atoms. The van der Waals surface area contributed by atoms with Crippen LogP contribution >= 0.6 is 76.1 Å². The number of carbonyl (C=O) groups excluding carboxylic acids is 3. The fraction of sp³-hybridized carbons (Fsp3) is 0.375. The Morgan fingerprint density at radius 2 is 0.915 bits per heavy atom. The number of carboxylic acid groups (broad SMARTS) is 1. The normalized spacial score (nSPS) is 13.9. The van der Waals surface area contributed by atoms with Crippen molar-refractivity contribution in [3.63, 3.8) is 0 Å². The van der Waals surface area contributed by atoms with Crippen LogP contribution in [0.1, 0.15) is 114 Å². The van der Waals surface area contributed by atoms with Crippen molar-refractivity contribution in [3.8, 4) is 0 Å². The Bertz CT molecular complexity index is 2510. The van der Waals surface area contributed by atoms with Crippen molar-refractivity contribution in [1.82, 2.24) is 16.0 Å². The van der Waals surface area contributed by atoms with Crippen molar-refractivity contribution < 1.29 is 71.8 Å². The van der Waals surface area contributed by atoms with E-state index in [1.165, 1.54) is 54.6 Å². The molecule has 3 amide bonds. The van der Waals surface area contributed by atoms with Crippen molar-refractivity contribution in [2.24, 2.45) is 5.73 Å². The lowest BCUT2D eigenvalue weighted by Crippen LogP contribution is -2.38. The molecular formula is C48H59Br4ClF4N4O10. The molecular weight excluding hydrogens is 1220 g/mol. The number of carbonyl (C=O) groups is 4. The van der Waals surface area contributed by atoms with Crippen molar-refractivity contribution in [3.05, 3.63) is 149 Å². The first-order chi connectivity index (χ1) is 33.5. The first-order valence-electron chi connectivity index (χ1n) is 22.4. The van der Waals surface area contributed by atoms with Crippen LogP contribution in [0.15, 0.2) is 103 Å². The van der Waals surface area contributed by atoms with Gasteiger partial charge in [0.15, 0.2) is 6.04 Å². The molecule has 0 radical (unpaired) electrons. The van der Waals surface area contributed by atoms with E-state index in [4.69, 9.17) is 35.6 Å². The lowest BCUT2D eigenvalue weighted by molar-refractivity contribution is -0.139. The SMILES string of the molecule is C=C[C@H](NC(=O)OC(C)(C)C)c1cc(F)cc(Br)c1.CC(C)(C)OC(=O)N[C@@H](C(=O)O)c1cc(F)cc(Br)c1.Cl.[2H]C([2H])(O)[C@H](N)c1cc(F)cc(Br)c1.[2H]C([2H])(O)[C@H](NC(=O)OC(C)(C)C)c1cc(F)cc(Br)c1. The summed E-state index contributed by atoms with van der Waals surface area (Å²) in [6.07, 6.45) is -0.848. The highest BCUT2D eigenvalue weighted by Gasteiger charge is 2.27. The van der Waals surface area contributed by atoms with E-state index in [1.54, 1.807) is 68.4 Å². The van der Waals surface area contributed by atoms with E-state index in [-0.39, 0.29) is 34.9 Å². The van der Waals surface area contributed by atoms with Crippen LogP contribution in [0.2, 0.25) is 0 Å². The van der Waals surface area contributed by atoms with Crippen molar-refractivity contribution >= 4 is 100 Å². The predicted molar refractivity (Wildman–Crippen MR) is 279 cm³/mol. The Hall–Kier alpha value is -4.29. The monoisotopic (exact) mass is 1280 g/mol. The maximum Gasteiger partial charge on any atom is 0.408 e. The van der Waals surface area contributed by atoms with Gasteiger partial charge in [-0.2, -0.15) is 0 Å². The second-order valence-corrected chi connectivity index (χ2v) is 21.1. The summed E-state index contributed by atoms with van der Waals surface area (Å²) in [4.78, 5) is 46.3. The van der Waals surface area contributed by atoms with Crippen LogP contribution in [-0.4, -0.2) is 69.5 Å². The zero-order chi connectivity index (χ0) is 57.5. The average Bonchev–Trinajstić information content (AvgIpc) is 3.17. The van der Waals surface area contributed by atoms with E-state index in [2.05, 4.69) is 86.2 Å². The van der Waals surface area contributed by atoms with Gasteiger partial charge in [-0.05, 0) is 157 Å². The highest BCUT2D eigenvalue weighted by Crippen LogP contribution is 2.25. The Kier molecular flexibility index (Phi) is 25.6. The smallest absolute Gasteiger partial charge is 0.408 e. The van der Waals surface area contributed by atoms with Crippen molar-refractivity contribution in [2.45, 2.75) is 103 Å². The molecule has 0 aliphatic heterocycles. The highest BCUT2D eigenvalue weighted by atomic mass is 79.9. The molecule has 0 saturated heterocycles. The maximum atomic E-state index is 13.4. The number of carboxylic acids is 1. The first kappa shape index (κ1) is 59.3. The molecule has 0 heterocycles. The number of rotatable bonds is 11. The summed E-state index contributed by atoms with van der Waals surface area (Å²) in [7, 11) is 0. The first-order valence-corrected chi connectivity index (χ1v) is 23.5. The molecule has 23 heteroatoms. The van der Waals surface area contributed by atoms with Gasteiger partial charge in [-0.25, -0.2) is 36.7 Å². The molecule has 4 atom stereocenters. The highest BCUT2D eigenvalue weighted by molar-refractivity contribution is 9.11. The molecule has 0 aliphatic carbocycles. The lowest BCUT2D eigenvalue weighted by Gasteiger charge is -2.23. The van der Waals surface area contributed by atoms with Gasteiger partial charge in [0.1, 0.15) is 40.1 Å². The molecule has 394 valence electrons. The van der Waals surface area contributed by atoms with Crippen LogP contribution in [0, 0.1) is 23.3 Å². The van der Waals surface area contributed by atoms with Gasteiger partial charge in [-0.15, -0.1) is 19.0 Å². The van der Waals surface area contributed by atoms with Gasteiger partial charge in [-0.1, -0.05) is 69.8 Å². The second kappa shape index (κ2) is 30.7. The zero-order valence-corrected chi connectivity index (χ0v) is 46.9. The van der Waals surface area contributed by atoms with E-state index < -0.39 is 95.8 Å². The number of halogens is 9. The summed E-state index contributed by atoms with van der Waals surface area (Å²) >= 11 is 12.4. The van der Waals surface area contributed by atoms with Gasteiger partial charge >= 0.3 is 24.2 Å². The third-order valence-corrected chi connectivity index (χ3v) is 9.50. The summed E-state index contributed by atoms with van der Waals surface area (Å²) in [6.45, 7) is 13.5. The van der Waals surface area contributed by atoms with E-state index in [1.807, 2.05) is 0 Å². The fourth-order valence-electron chi connectivity index (χ4n) is 5.11. The molecule has 14 nitrogen and oxygen atoms in total. The summed E-state index contributed by atoms with van der Waals surface area (Å²) < 4.78 is 98.6. The van der Waals surface area contributed by atoms with Gasteiger partial charge in [0.2, 0.25) is 0 Å². The molecule has 0 aromatic heterocycles. The standard InChI is InChI=1S/C14H17BrFNO2.C13H15BrFNO4.C13H17BrFNO3.C8H9BrFNO.ClH/c1-5-12(17-13(18)19-14(2,3)4)9-6-10(15)8-11(16)7-9;1-13(2,3)20-12(19)16-10(11(17)18)7-4-8(14)6-9(15)5-7;1-13(2,3)19-12(18)16-11(7-17)8-4-9(14)6-10(15)5-8;9-6-1-5(8(11)4-12)2-7(10)3-6;/h5-8,12H,1H2,2-4H3,(H,17,18);4-6,10H,1-3H3,(H,16,19)(H,17,18);4-6,11,17H,7H2,1-3H3,(H,16,18);1-3,8,12H,4,11H2;1H/t12-;10-;11-;8-;/m0100./s1/i;;7D2;4D2;. The molecule has 0 saturated carbocycles. The number of nitrogens with two attached hydrogens (primary N) is 1. The third-order valence-electron chi connectivity index (χ3n) is 7.67. The van der Waals surface area contributed by atoms with Gasteiger partial charge in [0.25, 0.3) is 0 Å². The van der Waals surface area contributed by atoms with Gasteiger partial charge in [-0.3, -0.25) is 0 Å².